The lowest BCUT2D eigenvalue weighted by Gasteiger charge is -2.04. The average Bonchev–Trinajstić information content (AvgIpc) is 2.69. The molecule has 0 fully saturated rings. The summed E-state index contributed by atoms with van der Waals surface area (Å²) < 4.78 is 28.9. The summed E-state index contributed by atoms with van der Waals surface area (Å²) in [5, 5.41) is 0. The van der Waals surface area contributed by atoms with Crippen LogP contribution in [0, 0.1) is 0 Å². The van der Waals surface area contributed by atoms with Crippen LogP contribution in [0.5, 0.6) is 5.75 Å². The normalized spacial score (nSPS) is 21.4. The van der Waals surface area contributed by atoms with Crippen molar-refractivity contribution in [2.75, 3.05) is 12.4 Å². The Morgan fingerprint density at radius 2 is 2.07 bits per heavy atom. The first-order valence-corrected chi connectivity index (χ1v) is 6.34. The molecule has 0 amide bonds. The van der Waals surface area contributed by atoms with Crippen LogP contribution >= 0.6 is 0 Å². The van der Waals surface area contributed by atoms with Crippen LogP contribution in [0.2, 0.25) is 0 Å². The van der Waals surface area contributed by atoms with Gasteiger partial charge >= 0.3 is 0 Å². The van der Waals surface area contributed by atoms with Gasteiger partial charge in [0.05, 0.1) is 17.3 Å². The Bertz CT molecular complexity index is 502. The van der Waals surface area contributed by atoms with E-state index >= 15 is 0 Å². The van der Waals surface area contributed by atoms with Gasteiger partial charge in [-0.25, -0.2) is 8.42 Å². The Balaban J connectivity index is 2.37. The molecule has 0 bridgehead atoms. The molecule has 2 aliphatic rings. The summed E-state index contributed by atoms with van der Waals surface area (Å²) in [4.78, 5) is 0.563. The van der Waals surface area contributed by atoms with Crippen molar-refractivity contribution in [3.63, 3.8) is 0 Å². The van der Waals surface area contributed by atoms with E-state index in [1.54, 1.807) is 0 Å². The fraction of sp³-hybridized carbons (Fsp3) is 0.400. The van der Waals surface area contributed by atoms with Crippen LogP contribution in [0.1, 0.15) is 11.1 Å². The minimum atomic E-state index is -3.01. The highest BCUT2D eigenvalue weighted by Crippen LogP contribution is 2.37. The molecule has 0 aliphatic carbocycles. The van der Waals surface area contributed by atoms with Crippen molar-refractivity contribution in [1.82, 2.24) is 0 Å². The molecule has 1 aromatic rings. The van der Waals surface area contributed by atoms with Gasteiger partial charge in [-0.1, -0.05) is 6.07 Å². The third-order valence-corrected chi connectivity index (χ3v) is 4.73. The Morgan fingerprint density at radius 1 is 1.21 bits per heavy atom. The molecule has 14 heavy (non-hydrogen) atoms. The Kier molecular flexibility index (Phi) is 1.49. The van der Waals surface area contributed by atoms with E-state index in [4.69, 9.17) is 4.74 Å². The monoisotopic (exact) mass is 210 g/mol. The molecule has 0 saturated heterocycles. The minimum absolute atomic E-state index is 0.263. The van der Waals surface area contributed by atoms with Crippen molar-refractivity contribution in [2.45, 2.75) is 17.7 Å². The van der Waals surface area contributed by atoms with E-state index in [0.29, 0.717) is 17.9 Å². The van der Waals surface area contributed by atoms with Gasteiger partial charge < -0.3 is 4.74 Å². The molecule has 0 unspecified atom stereocenters. The lowest BCUT2D eigenvalue weighted by molar-refractivity contribution is 0.357. The van der Waals surface area contributed by atoms with E-state index in [1.165, 1.54) is 0 Å². The van der Waals surface area contributed by atoms with Gasteiger partial charge in [-0.3, -0.25) is 0 Å². The molecule has 3 rings (SSSR count). The van der Waals surface area contributed by atoms with E-state index < -0.39 is 9.84 Å². The van der Waals surface area contributed by atoms with Gasteiger partial charge in [-0.05, 0) is 18.1 Å². The largest absolute Gasteiger partial charge is 0.493 e. The first-order chi connectivity index (χ1) is 6.68. The van der Waals surface area contributed by atoms with Crippen LogP contribution in [0.15, 0.2) is 17.0 Å². The Hall–Kier alpha value is -1.03. The van der Waals surface area contributed by atoms with Crippen molar-refractivity contribution in [3.8, 4) is 5.75 Å². The van der Waals surface area contributed by atoms with E-state index in [-0.39, 0.29) is 5.75 Å². The molecule has 0 atom stereocenters. The van der Waals surface area contributed by atoms with Gasteiger partial charge in [0.1, 0.15) is 5.75 Å². The highest BCUT2D eigenvalue weighted by atomic mass is 32.2. The first-order valence-electron chi connectivity index (χ1n) is 4.69. The topological polar surface area (TPSA) is 43.4 Å². The fourth-order valence-electron chi connectivity index (χ4n) is 2.22. The van der Waals surface area contributed by atoms with Gasteiger partial charge in [-0.2, -0.15) is 0 Å². The smallest absolute Gasteiger partial charge is 0.179 e. The highest BCUT2D eigenvalue weighted by molar-refractivity contribution is 7.91. The summed E-state index contributed by atoms with van der Waals surface area (Å²) in [6.45, 7) is 0.612. The Morgan fingerprint density at radius 3 is 2.93 bits per heavy atom. The Labute approximate surface area is 82.6 Å². The van der Waals surface area contributed by atoms with Crippen molar-refractivity contribution < 1.29 is 13.2 Å². The van der Waals surface area contributed by atoms with Gasteiger partial charge in [0.15, 0.2) is 9.84 Å². The number of benzene rings is 1. The summed E-state index contributed by atoms with van der Waals surface area (Å²) in [5.74, 6) is 1.02. The third kappa shape index (κ3) is 0.945. The third-order valence-electron chi connectivity index (χ3n) is 2.86. The molecular weight excluding hydrogens is 200 g/mol. The zero-order chi connectivity index (χ0) is 9.76. The number of fused-ring (bicyclic) bond motifs is 3. The molecule has 2 heterocycles. The predicted molar refractivity (Wildman–Crippen MR) is 51.4 cm³/mol. The van der Waals surface area contributed by atoms with Crippen LogP contribution < -0.4 is 4.74 Å². The molecular formula is C10H10O3S. The molecule has 74 valence electrons. The van der Waals surface area contributed by atoms with E-state index in [2.05, 4.69) is 0 Å². The van der Waals surface area contributed by atoms with E-state index in [9.17, 15) is 8.42 Å². The van der Waals surface area contributed by atoms with Crippen molar-refractivity contribution in [2.24, 2.45) is 0 Å². The van der Waals surface area contributed by atoms with Crippen molar-refractivity contribution in [1.29, 1.82) is 0 Å². The van der Waals surface area contributed by atoms with E-state index in [1.807, 2.05) is 12.1 Å². The summed E-state index contributed by atoms with van der Waals surface area (Å²) in [6.07, 6.45) is 1.39. The second-order valence-corrected chi connectivity index (χ2v) is 5.74. The van der Waals surface area contributed by atoms with Crippen molar-refractivity contribution >= 4 is 9.84 Å². The molecule has 0 N–H and O–H groups in total. The van der Waals surface area contributed by atoms with Gasteiger partial charge in [0, 0.05) is 12.0 Å². The average molecular weight is 210 g/mol. The van der Waals surface area contributed by atoms with Crippen LogP contribution in [0.3, 0.4) is 0 Å². The van der Waals surface area contributed by atoms with Crippen LogP contribution in [-0.4, -0.2) is 20.8 Å². The minimum Gasteiger partial charge on any atom is -0.493 e. The molecule has 2 aliphatic heterocycles. The van der Waals surface area contributed by atoms with Crippen LogP contribution in [0.25, 0.3) is 0 Å². The standard InChI is InChI=1S/C10H10O3S/c11-14(12)6-4-7-1-2-9-8(10(7)14)3-5-13-9/h1-2H,3-6H2. The molecule has 1 aromatic carbocycles. The number of aryl methyl sites for hydroxylation is 1. The van der Waals surface area contributed by atoms with E-state index in [0.717, 1.165) is 23.3 Å². The summed E-state index contributed by atoms with van der Waals surface area (Å²) >= 11 is 0. The quantitative estimate of drug-likeness (QED) is 0.640. The van der Waals surface area contributed by atoms with Crippen LogP contribution in [0.4, 0.5) is 0 Å². The second kappa shape index (κ2) is 2.51. The maximum Gasteiger partial charge on any atom is 0.179 e. The number of hydrogen-bond donors (Lipinski definition) is 0. The number of hydrogen-bond acceptors (Lipinski definition) is 3. The fourth-order valence-corrected chi connectivity index (χ4v) is 4.06. The molecule has 4 heteroatoms. The molecule has 3 nitrogen and oxygen atoms in total. The van der Waals surface area contributed by atoms with Crippen LogP contribution in [-0.2, 0) is 22.7 Å². The highest BCUT2D eigenvalue weighted by Gasteiger charge is 2.32. The maximum absolute atomic E-state index is 11.8. The molecule has 0 radical (unpaired) electrons. The summed E-state index contributed by atoms with van der Waals surface area (Å²) in [5.41, 5.74) is 1.87. The summed E-state index contributed by atoms with van der Waals surface area (Å²) in [7, 11) is -3.01. The second-order valence-electron chi connectivity index (χ2n) is 3.70. The predicted octanol–water partition coefficient (Wildman–Crippen LogP) is 0.951. The summed E-state index contributed by atoms with van der Waals surface area (Å²) in [6, 6.07) is 3.77. The lowest BCUT2D eigenvalue weighted by atomic mass is 10.1. The van der Waals surface area contributed by atoms with Gasteiger partial charge in [-0.15, -0.1) is 0 Å². The number of rotatable bonds is 0. The molecule has 0 spiro atoms. The first kappa shape index (κ1) is 8.29. The molecule has 0 saturated carbocycles. The zero-order valence-electron chi connectivity index (χ0n) is 7.62. The number of ether oxygens (including phenoxy) is 1. The lowest BCUT2D eigenvalue weighted by Crippen LogP contribution is -2.01. The van der Waals surface area contributed by atoms with Gasteiger partial charge in [0.2, 0.25) is 0 Å². The SMILES string of the molecule is O=S1(=O)CCc2ccc3c(c21)CCO3. The molecule has 0 aromatic heterocycles. The number of sulfone groups is 1. The van der Waals surface area contributed by atoms with Crippen molar-refractivity contribution in [3.05, 3.63) is 23.3 Å². The zero-order valence-corrected chi connectivity index (χ0v) is 8.43. The maximum atomic E-state index is 11.8. The van der Waals surface area contributed by atoms with Gasteiger partial charge in [0.25, 0.3) is 0 Å².